The van der Waals surface area contributed by atoms with Gasteiger partial charge in [-0.2, -0.15) is 0 Å². The molecule has 0 aliphatic carbocycles. The molecular formula is C21H18ClN3O2. The molecule has 0 saturated carbocycles. The first kappa shape index (κ1) is 17.4. The third kappa shape index (κ3) is 2.80. The molecule has 0 bridgehead atoms. The molecule has 0 aliphatic heterocycles. The number of H-pyrrole nitrogens is 1. The number of para-hydroxylation sites is 1. The molecule has 2 aromatic heterocycles. The second-order valence-corrected chi connectivity index (χ2v) is 6.84. The lowest BCUT2D eigenvalue weighted by molar-refractivity contribution is 0.863. The zero-order valence-electron chi connectivity index (χ0n) is 15.0. The van der Waals surface area contributed by atoms with Crippen LogP contribution >= 0.6 is 11.6 Å². The van der Waals surface area contributed by atoms with Gasteiger partial charge in [-0.15, -0.1) is 0 Å². The molecule has 0 aliphatic rings. The monoisotopic (exact) mass is 379 g/mol. The summed E-state index contributed by atoms with van der Waals surface area (Å²) >= 11 is 6.27. The molecule has 0 atom stereocenters. The average Bonchev–Trinajstić information content (AvgIpc) is 2.99. The number of hydrogen-bond donors (Lipinski definition) is 1. The largest absolute Gasteiger partial charge is 0.310 e. The van der Waals surface area contributed by atoms with Crippen LogP contribution in [-0.4, -0.2) is 14.3 Å². The van der Waals surface area contributed by atoms with Gasteiger partial charge in [0.15, 0.2) is 0 Å². The topological polar surface area (TPSA) is 59.8 Å². The van der Waals surface area contributed by atoms with Crippen molar-refractivity contribution in [2.24, 2.45) is 7.05 Å². The Morgan fingerprint density at radius 2 is 1.81 bits per heavy atom. The van der Waals surface area contributed by atoms with Gasteiger partial charge in [0.05, 0.1) is 27.3 Å². The minimum Gasteiger partial charge on any atom is -0.310 e. The van der Waals surface area contributed by atoms with Crippen LogP contribution in [0.5, 0.6) is 0 Å². The van der Waals surface area contributed by atoms with Crippen LogP contribution in [0.2, 0.25) is 5.02 Å². The molecule has 1 N–H and O–H groups in total. The van der Waals surface area contributed by atoms with Crippen molar-refractivity contribution < 1.29 is 0 Å². The second kappa shape index (κ2) is 6.59. The molecule has 0 fully saturated rings. The van der Waals surface area contributed by atoms with E-state index < -0.39 is 0 Å². The number of fused-ring (bicyclic) bond motifs is 1. The Morgan fingerprint density at radius 3 is 2.56 bits per heavy atom. The minimum atomic E-state index is -0.245. The molecular weight excluding hydrogens is 362 g/mol. The molecule has 0 saturated heterocycles. The number of aromatic nitrogens is 3. The van der Waals surface area contributed by atoms with Crippen molar-refractivity contribution in [3.63, 3.8) is 0 Å². The average molecular weight is 380 g/mol. The number of aryl methyl sites for hydroxylation is 1. The summed E-state index contributed by atoms with van der Waals surface area (Å²) in [5.74, 6) is 0. The van der Waals surface area contributed by atoms with E-state index in [4.69, 9.17) is 11.6 Å². The van der Waals surface area contributed by atoms with Crippen LogP contribution in [-0.2, 0) is 13.5 Å². The normalized spacial score (nSPS) is 11.2. The van der Waals surface area contributed by atoms with Crippen molar-refractivity contribution in [1.82, 2.24) is 14.3 Å². The Balaban J connectivity index is 2.10. The Kier molecular flexibility index (Phi) is 4.24. The summed E-state index contributed by atoms with van der Waals surface area (Å²) in [5.41, 5.74) is 3.17. The van der Waals surface area contributed by atoms with Gasteiger partial charge in [0.1, 0.15) is 0 Å². The van der Waals surface area contributed by atoms with E-state index in [0.717, 1.165) is 17.5 Å². The van der Waals surface area contributed by atoms with Gasteiger partial charge in [0.2, 0.25) is 0 Å². The van der Waals surface area contributed by atoms with Crippen molar-refractivity contribution >= 4 is 22.5 Å². The number of hydrogen-bond acceptors (Lipinski definition) is 2. The van der Waals surface area contributed by atoms with Gasteiger partial charge >= 0.3 is 0 Å². The van der Waals surface area contributed by atoms with Gasteiger partial charge in [-0.05, 0) is 35.7 Å². The Bertz CT molecular complexity index is 1280. The highest BCUT2D eigenvalue weighted by atomic mass is 35.5. The summed E-state index contributed by atoms with van der Waals surface area (Å²) < 4.78 is 2.91. The molecule has 0 radical (unpaired) electrons. The fourth-order valence-corrected chi connectivity index (χ4v) is 3.59. The van der Waals surface area contributed by atoms with E-state index >= 15 is 0 Å². The smallest absolute Gasteiger partial charge is 0.281 e. The van der Waals surface area contributed by atoms with E-state index in [1.807, 2.05) is 30.3 Å². The lowest BCUT2D eigenvalue weighted by atomic mass is 10.0. The van der Waals surface area contributed by atoms with Crippen LogP contribution < -0.4 is 11.1 Å². The second-order valence-electron chi connectivity index (χ2n) is 6.44. The van der Waals surface area contributed by atoms with Gasteiger partial charge in [0, 0.05) is 13.1 Å². The van der Waals surface area contributed by atoms with Crippen LogP contribution in [0.25, 0.3) is 27.8 Å². The molecule has 0 unspecified atom stereocenters. The summed E-state index contributed by atoms with van der Waals surface area (Å²) in [5, 5.41) is 3.95. The third-order valence-corrected chi connectivity index (χ3v) is 5.11. The Morgan fingerprint density at radius 1 is 1.04 bits per heavy atom. The molecule has 4 rings (SSSR count). The number of nitrogens with zero attached hydrogens (tertiary/aromatic N) is 2. The van der Waals surface area contributed by atoms with Crippen LogP contribution in [0.3, 0.4) is 0 Å². The quantitative estimate of drug-likeness (QED) is 0.587. The van der Waals surface area contributed by atoms with E-state index in [1.165, 1.54) is 15.3 Å². The zero-order chi connectivity index (χ0) is 19.1. The number of pyridine rings is 1. The summed E-state index contributed by atoms with van der Waals surface area (Å²) in [6.45, 7) is 2.07. The molecule has 0 amide bonds. The molecule has 0 spiro atoms. The van der Waals surface area contributed by atoms with Gasteiger partial charge in [-0.1, -0.05) is 48.9 Å². The summed E-state index contributed by atoms with van der Waals surface area (Å²) in [7, 11) is 1.68. The summed E-state index contributed by atoms with van der Waals surface area (Å²) in [4.78, 5) is 25.8. The highest BCUT2D eigenvalue weighted by Gasteiger charge is 2.18. The SMILES string of the molecule is CCc1cccc(-c2c3c(=O)n(-c4ccccc4Cl)[nH]c3cc(=O)n2C)c1. The standard InChI is InChI=1S/C21H18ClN3O2/c1-3-13-7-6-8-14(11-13)20-19-16(12-18(26)24(20)2)23-25(21(19)27)17-10-5-4-9-15(17)22/h4-12,23H,3H2,1-2H3. The predicted octanol–water partition coefficient (Wildman–Crippen LogP) is 3.90. The Labute approximate surface area is 160 Å². The Hall–Kier alpha value is -3.05. The van der Waals surface area contributed by atoms with E-state index in [9.17, 15) is 9.59 Å². The molecule has 5 nitrogen and oxygen atoms in total. The van der Waals surface area contributed by atoms with E-state index in [1.54, 1.807) is 25.2 Å². The minimum absolute atomic E-state index is 0.188. The van der Waals surface area contributed by atoms with E-state index in [-0.39, 0.29) is 11.1 Å². The number of aromatic amines is 1. The third-order valence-electron chi connectivity index (χ3n) is 4.79. The van der Waals surface area contributed by atoms with E-state index in [2.05, 4.69) is 12.0 Å². The highest BCUT2D eigenvalue weighted by Crippen LogP contribution is 2.26. The van der Waals surface area contributed by atoms with Crippen molar-refractivity contribution in [2.75, 3.05) is 0 Å². The van der Waals surface area contributed by atoms with Gasteiger partial charge in [0.25, 0.3) is 11.1 Å². The zero-order valence-corrected chi connectivity index (χ0v) is 15.7. The van der Waals surface area contributed by atoms with Crippen molar-refractivity contribution in [3.05, 3.63) is 85.9 Å². The van der Waals surface area contributed by atoms with Gasteiger partial charge < -0.3 is 4.57 Å². The lowest BCUT2D eigenvalue weighted by Gasteiger charge is -2.10. The number of halogens is 1. The first-order chi connectivity index (χ1) is 13.0. The molecule has 2 aromatic carbocycles. The number of nitrogens with one attached hydrogen (secondary N) is 1. The first-order valence-corrected chi connectivity index (χ1v) is 9.08. The highest BCUT2D eigenvalue weighted by molar-refractivity contribution is 6.32. The predicted molar refractivity (Wildman–Crippen MR) is 109 cm³/mol. The maximum atomic E-state index is 13.3. The maximum Gasteiger partial charge on any atom is 0.281 e. The molecule has 27 heavy (non-hydrogen) atoms. The lowest BCUT2D eigenvalue weighted by Crippen LogP contribution is -2.20. The van der Waals surface area contributed by atoms with Crippen LogP contribution in [0.15, 0.2) is 64.2 Å². The number of benzene rings is 2. The molecule has 2 heterocycles. The van der Waals surface area contributed by atoms with Crippen LogP contribution in [0, 0.1) is 0 Å². The van der Waals surface area contributed by atoms with E-state index in [0.29, 0.717) is 27.3 Å². The summed E-state index contributed by atoms with van der Waals surface area (Å²) in [6, 6.07) is 16.4. The van der Waals surface area contributed by atoms with Gasteiger partial charge in [-0.25, -0.2) is 4.68 Å². The molecule has 6 heteroatoms. The fraction of sp³-hybridized carbons (Fsp3) is 0.143. The van der Waals surface area contributed by atoms with Crippen molar-refractivity contribution in [3.8, 4) is 16.9 Å². The van der Waals surface area contributed by atoms with Crippen LogP contribution in [0.4, 0.5) is 0 Å². The van der Waals surface area contributed by atoms with Crippen molar-refractivity contribution in [2.45, 2.75) is 13.3 Å². The summed E-state index contributed by atoms with van der Waals surface area (Å²) in [6.07, 6.45) is 0.870. The van der Waals surface area contributed by atoms with Gasteiger partial charge in [-0.3, -0.25) is 14.7 Å². The maximum absolute atomic E-state index is 13.3. The first-order valence-electron chi connectivity index (χ1n) is 8.70. The molecule has 4 aromatic rings. The van der Waals surface area contributed by atoms with Crippen molar-refractivity contribution in [1.29, 1.82) is 0 Å². The van der Waals surface area contributed by atoms with Crippen LogP contribution in [0.1, 0.15) is 12.5 Å². The molecule has 136 valence electrons. The fourth-order valence-electron chi connectivity index (χ4n) is 3.36. The number of rotatable bonds is 3.